The Bertz CT molecular complexity index is 610. The van der Waals surface area contributed by atoms with Crippen molar-refractivity contribution < 1.29 is 78.1 Å². The topological polar surface area (TPSA) is 139 Å². The van der Waals surface area contributed by atoms with E-state index in [9.17, 15) is 9.90 Å². The molecule has 6 nitrogen and oxygen atoms in total. The van der Waals surface area contributed by atoms with Crippen LogP contribution >= 0.6 is 0 Å². The van der Waals surface area contributed by atoms with Crippen molar-refractivity contribution in [1.82, 2.24) is 6.15 Å². The number of rotatable bonds is 6. The average Bonchev–Trinajstić information content (AvgIpc) is 2.81. The van der Waals surface area contributed by atoms with Crippen molar-refractivity contribution in [3.05, 3.63) is 34.9 Å². The Balaban J connectivity index is 0.00000156. The van der Waals surface area contributed by atoms with Crippen LogP contribution in [0.25, 0.3) is 0 Å². The summed E-state index contributed by atoms with van der Waals surface area (Å²) in [6, 6.07) is 7.13. The van der Waals surface area contributed by atoms with Crippen LogP contribution in [0.2, 0.25) is 6.32 Å². The van der Waals surface area contributed by atoms with Gasteiger partial charge in [-0.2, -0.15) is 23.8 Å². The fourth-order valence-corrected chi connectivity index (χ4v) is 3.94. The number of carbonyl (C=O) groups is 1. The van der Waals surface area contributed by atoms with E-state index in [1.165, 1.54) is 0 Å². The van der Waals surface area contributed by atoms with E-state index in [4.69, 9.17) is 15.8 Å². The molecule has 0 aromatic heterocycles. The Hall–Kier alpha value is 0.400. The Morgan fingerprint density at radius 1 is 1.40 bits per heavy atom. The predicted octanol–water partition coefficient (Wildman–Crippen LogP) is -1.42. The fourth-order valence-electron chi connectivity index (χ4n) is 3.94. The molecule has 2 aliphatic carbocycles. The van der Waals surface area contributed by atoms with E-state index in [1.54, 1.807) is 0 Å². The molecule has 8 heteroatoms. The first-order valence-corrected chi connectivity index (χ1v) is 8.33. The minimum Gasteiger partial charge on any atom is -0.481 e. The van der Waals surface area contributed by atoms with Crippen LogP contribution in [0.15, 0.2) is 12.1 Å². The Morgan fingerprint density at radius 2 is 2.08 bits per heavy atom. The zero-order chi connectivity index (χ0) is 16.6. The summed E-state index contributed by atoms with van der Waals surface area (Å²) in [4.78, 5) is 11.8. The molecule has 0 heterocycles. The molecule has 8 N–H and O–H groups in total. The van der Waals surface area contributed by atoms with Crippen LogP contribution in [0, 0.1) is 12.0 Å². The quantitative estimate of drug-likeness (QED) is 0.284. The van der Waals surface area contributed by atoms with E-state index in [-0.39, 0.29) is 82.1 Å². The van der Waals surface area contributed by atoms with Gasteiger partial charge in [-0.1, -0.05) is 19.3 Å². The minimum absolute atomic E-state index is 0. The molecule has 1 unspecified atom stereocenters. The molecule has 2 atom stereocenters. The van der Waals surface area contributed by atoms with E-state index >= 15 is 0 Å². The van der Waals surface area contributed by atoms with Crippen molar-refractivity contribution >= 4 is 13.1 Å². The third-order valence-corrected chi connectivity index (χ3v) is 5.45. The molecule has 0 radical (unpaired) electrons. The molecule has 1 aromatic rings. The van der Waals surface area contributed by atoms with Crippen LogP contribution in [0.5, 0.6) is 0 Å². The molecule has 0 bridgehead atoms. The maximum absolute atomic E-state index is 11.8. The second-order valence-electron chi connectivity index (χ2n) is 7.03. The van der Waals surface area contributed by atoms with Crippen LogP contribution < -0.4 is 70.1 Å². The molecule has 2 aliphatic rings. The summed E-state index contributed by atoms with van der Waals surface area (Å²) in [5.74, 6) is -1.34. The number of hydrogen-bond donors (Lipinski definition) is 5. The number of fused-ring (bicyclic) bond motifs is 1. The maximum Gasteiger partial charge on any atom is 1.00 e. The maximum atomic E-state index is 11.8. The monoisotopic (exact) mass is 418 g/mol. The van der Waals surface area contributed by atoms with Gasteiger partial charge in [-0.3, -0.25) is 4.79 Å². The Labute approximate surface area is 198 Å². The van der Waals surface area contributed by atoms with Crippen molar-refractivity contribution in [1.29, 1.82) is 0 Å². The number of carboxylic acid groups (broad SMARTS) is 1. The van der Waals surface area contributed by atoms with E-state index < -0.39 is 19.0 Å². The largest absolute Gasteiger partial charge is 1.00 e. The van der Waals surface area contributed by atoms with Crippen LogP contribution in [0.4, 0.5) is 0 Å². The van der Waals surface area contributed by atoms with Gasteiger partial charge in [0.1, 0.15) is 0 Å². The van der Waals surface area contributed by atoms with Gasteiger partial charge in [0.2, 0.25) is 0 Å². The number of benzene rings is 1. The third kappa shape index (κ3) is 5.02. The molecule has 1 fully saturated rings. The first-order valence-electron chi connectivity index (χ1n) is 8.33. The summed E-state index contributed by atoms with van der Waals surface area (Å²) in [6.45, 7) is 0. The van der Waals surface area contributed by atoms with Crippen molar-refractivity contribution in [2.75, 3.05) is 0 Å². The molecule has 0 spiro atoms. The summed E-state index contributed by atoms with van der Waals surface area (Å²) in [5.41, 5.74) is 8.86. The normalized spacial score (nSPS) is 22.8. The average molecular weight is 419 g/mol. The zero-order valence-corrected chi connectivity index (χ0v) is 19.8. The van der Waals surface area contributed by atoms with Gasteiger partial charge in [-0.25, -0.2) is 0 Å². The number of carboxylic acids is 1. The van der Waals surface area contributed by atoms with Crippen molar-refractivity contribution in [2.45, 2.75) is 56.3 Å². The van der Waals surface area contributed by atoms with E-state index in [0.717, 1.165) is 36.0 Å². The predicted molar refractivity (Wildman–Crippen MR) is 91.8 cm³/mol. The third-order valence-electron chi connectivity index (χ3n) is 5.45. The molecule has 132 valence electrons. The van der Waals surface area contributed by atoms with Crippen molar-refractivity contribution in [2.24, 2.45) is 11.7 Å². The molecule has 0 aliphatic heterocycles. The Morgan fingerprint density at radius 3 is 2.60 bits per heavy atom. The van der Waals surface area contributed by atoms with Crippen LogP contribution in [-0.4, -0.2) is 28.2 Å². The van der Waals surface area contributed by atoms with E-state index in [1.807, 2.05) is 12.1 Å². The number of aliphatic carboxylic acids is 1. The molecule has 0 saturated heterocycles. The van der Waals surface area contributed by atoms with Crippen LogP contribution in [0.1, 0.15) is 54.7 Å². The van der Waals surface area contributed by atoms with Crippen LogP contribution in [-0.2, 0) is 16.8 Å². The van der Waals surface area contributed by atoms with Gasteiger partial charge in [-0.05, 0) is 31.5 Å². The second-order valence-corrected chi connectivity index (χ2v) is 7.03. The van der Waals surface area contributed by atoms with Gasteiger partial charge < -0.3 is 27.0 Å². The minimum atomic E-state index is -1.32. The smallest absolute Gasteiger partial charge is 0.481 e. The fraction of sp³-hybridized carbons (Fsp3) is 0.588. The summed E-state index contributed by atoms with van der Waals surface area (Å²) in [7, 11) is -1.32. The molecule has 0 amide bonds. The first-order chi connectivity index (χ1) is 10.9. The standard InChI is InChI=1S/C17H23BNO4.H3N.Rb/c19-17(6-2-7-17)13-5-4-11-9-12(3-1-8-18(22)23)15(16(20)21)14(11)10-13;;/h4,10,12,15,22-23H,1-3,6-9,19H2,(H,20,21);1H3;/q-1;;+1/t12-,15?;;/m0../s1. The molecule has 3 rings (SSSR count). The number of hydrogen-bond acceptors (Lipinski definition) is 5. The molecule has 1 saturated carbocycles. The van der Waals surface area contributed by atoms with Crippen LogP contribution in [0.3, 0.4) is 0 Å². The van der Waals surface area contributed by atoms with Crippen molar-refractivity contribution in [3.8, 4) is 0 Å². The van der Waals surface area contributed by atoms with Gasteiger partial charge in [0, 0.05) is 5.54 Å². The van der Waals surface area contributed by atoms with Crippen molar-refractivity contribution in [3.63, 3.8) is 0 Å². The summed E-state index contributed by atoms with van der Waals surface area (Å²) >= 11 is 0. The molecular formula is C17H26BN2O4Rb. The van der Waals surface area contributed by atoms with Gasteiger partial charge in [-0.15, -0.1) is 11.1 Å². The first kappa shape index (κ1) is 23.4. The summed E-state index contributed by atoms with van der Waals surface area (Å²) < 4.78 is 0. The van der Waals surface area contributed by atoms with E-state index in [2.05, 4.69) is 6.07 Å². The van der Waals surface area contributed by atoms with Gasteiger partial charge in [0.25, 0.3) is 0 Å². The Kier molecular flexibility index (Phi) is 8.96. The summed E-state index contributed by atoms with van der Waals surface area (Å²) in [6.07, 6.45) is 5.24. The zero-order valence-electron chi connectivity index (χ0n) is 14.9. The van der Waals surface area contributed by atoms with Gasteiger partial charge in [0.05, 0.1) is 5.92 Å². The molecule has 1 aromatic carbocycles. The SMILES string of the molecule is N.NC1(c2[c-]cc3c(c2)C(C(=O)O)[C@@H](CCCB(O)O)C3)CCC1.[Rb+]. The van der Waals surface area contributed by atoms with Gasteiger partial charge >= 0.3 is 71.3 Å². The van der Waals surface area contributed by atoms with E-state index in [0.29, 0.717) is 19.3 Å². The number of nitrogens with two attached hydrogens (primary N) is 1. The summed E-state index contributed by atoms with van der Waals surface area (Å²) in [5, 5.41) is 27.6. The molecular weight excluding hydrogens is 392 g/mol. The molecule has 25 heavy (non-hydrogen) atoms. The van der Waals surface area contributed by atoms with Gasteiger partial charge in [0.15, 0.2) is 0 Å². The second kappa shape index (κ2) is 9.55.